The molecule has 0 aliphatic rings. The van der Waals surface area contributed by atoms with Crippen LogP contribution in [0, 0.1) is 11.3 Å². The van der Waals surface area contributed by atoms with E-state index in [0.717, 1.165) is 0 Å². The second-order valence-electron chi connectivity index (χ2n) is 5.25. The Morgan fingerprint density at radius 2 is 2.12 bits per heavy atom. The van der Waals surface area contributed by atoms with Crippen molar-refractivity contribution < 1.29 is 9.53 Å². The first-order valence-electron chi connectivity index (χ1n) is 7.06. The third-order valence-electron chi connectivity index (χ3n) is 2.91. The summed E-state index contributed by atoms with van der Waals surface area (Å²) in [5.74, 6) is -0.0368. The van der Waals surface area contributed by atoms with Gasteiger partial charge in [0.1, 0.15) is 16.7 Å². The Labute approximate surface area is 150 Å². The fourth-order valence-electron chi connectivity index (χ4n) is 1.61. The first kappa shape index (κ1) is 19.8. The van der Waals surface area contributed by atoms with E-state index in [9.17, 15) is 4.79 Å². The largest absolute Gasteiger partial charge is 0.461 e. The third-order valence-corrected chi connectivity index (χ3v) is 3.41. The number of nitriles is 1. The van der Waals surface area contributed by atoms with Crippen LogP contribution in [0.15, 0.2) is 24.3 Å². The van der Waals surface area contributed by atoms with Crippen molar-refractivity contribution in [3.05, 3.63) is 45.8 Å². The monoisotopic (exact) mass is 368 g/mol. The zero-order valence-electron chi connectivity index (χ0n) is 13.6. The molecule has 0 unspecified atom stereocenters. The van der Waals surface area contributed by atoms with Gasteiger partial charge in [0.15, 0.2) is 0 Å². The van der Waals surface area contributed by atoms with Crippen LogP contribution in [0.25, 0.3) is 0 Å². The molecule has 128 valence electrons. The van der Waals surface area contributed by atoms with Gasteiger partial charge in [0.05, 0.1) is 28.8 Å². The summed E-state index contributed by atoms with van der Waals surface area (Å²) in [6.45, 7) is 5.66. The predicted molar refractivity (Wildman–Crippen MR) is 94.1 cm³/mol. The molecule has 2 rings (SSSR count). The number of ether oxygens (including phenoxy) is 1. The van der Waals surface area contributed by atoms with Gasteiger partial charge in [0, 0.05) is 0 Å². The SMILES string of the molecule is CC(C)(C#N)c1cccc(N)n1.CCOC(=O)c1[nH]c(Cl)cc1Cl. The molecule has 0 atom stereocenters. The molecular weight excluding hydrogens is 351 g/mol. The van der Waals surface area contributed by atoms with Crippen molar-refractivity contribution in [3.8, 4) is 6.07 Å². The number of hydrogen-bond donors (Lipinski definition) is 2. The van der Waals surface area contributed by atoms with Crippen molar-refractivity contribution in [2.75, 3.05) is 12.3 Å². The summed E-state index contributed by atoms with van der Waals surface area (Å²) in [5.41, 5.74) is 5.84. The Hall–Kier alpha value is -2.23. The lowest BCUT2D eigenvalue weighted by Crippen LogP contribution is -2.16. The first-order chi connectivity index (χ1) is 11.2. The molecule has 0 saturated heterocycles. The Balaban J connectivity index is 0.000000240. The minimum atomic E-state index is -0.560. The number of aromatic amines is 1. The molecule has 2 aromatic heterocycles. The molecule has 0 aliphatic heterocycles. The molecule has 0 amide bonds. The maximum Gasteiger partial charge on any atom is 0.356 e. The Morgan fingerprint density at radius 1 is 1.46 bits per heavy atom. The van der Waals surface area contributed by atoms with Crippen molar-refractivity contribution in [3.63, 3.8) is 0 Å². The van der Waals surface area contributed by atoms with Crippen LogP contribution >= 0.6 is 23.2 Å². The number of halogens is 2. The molecule has 8 heteroatoms. The molecule has 6 nitrogen and oxygen atoms in total. The number of H-pyrrole nitrogens is 1. The Bertz CT molecular complexity index is 751. The molecule has 2 aromatic rings. The van der Waals surface area contributed by atoms with Gasteiger partial charge in [0.25, 0.3) is 0 Å². The lowest BCUT2D eigenvalue weighted by molar-refractivity contribution is 0.0520. The van der Waals surface area contributed by atoms with Crippen LogP contribution in [0.1, 0.15) is 37.0 Å². The van der Waals surface area contributed by atoms with Gasteiger partial charge < -0.3 is 15.5 Å². The lowest BCUT2D eigenvalue weighted by Gasteiger charge is -2.13. The van der Waals surface area contributed by atoms with E-state index in [0.29, 0.717) is 23.3 Å². The number of esters is 1. The number of nitrogens with two attached hydrogens (primary N) is 1. The highest BCUT2D eigenvalue weighted by Crippen LogP contribution is 2.21. The highest BCUT2D eigenvalue weighted by molar-refractivity contribution is 6.36. The number of pyridine rings is 1. The zero-order chi connectivity index (χ0) is 18.3. The summed E-state index contributed by atoms with van der Waals surface area (Å²) in [5, 5.41) is 9.41. The second kappa shape index (κ2) is 8.57. The number of nitrogens with zero attached hydrogens (tertiary/aromatic N) is 2. The van der Waals surface area contributed by atoms with Crippen LogP contribution in [0.2, 0.25) is 10.2 Å². The van der Waals surface area contributed by atoms with E-state index in [1.807, 2.05) is 13.8 Å². The van der Waals surface area contributed by atoms with E-state index in [2.05, 4.69) is 16.0 Å². The van der Waals surface area contributed by atoms with Gasteiger partial charge in [-0.2, -0.15) is 5.26 Å². The second-order valence-corrected chi connectivity index (χ2v) is 6.06. The van der Waals surface area contributed by atoms with Gasteiger partial charge in [-0.15, -0.1) is 0 Å². The van der Waals surface area contributed by atoms with Crippen LogP contribution in [0.5, 0.6) is 0 Å². The molecule has 24 heavy (non-hydrogen) atoms. The smallest absolute Gasteiger partial charge is 0.356 e. The zero-order valence-corrected chi connectivity index (χ0v) is 15.1. The van der Waals surface area contributed by atoms with Crippen molar-refractivity contribution in [1.29, 1.82) is 5.26 Å². The summed E-state index contributed by atoms with van der Waals surface area (Å²) in [7, 11) is 0. The number of nitrogen functional groups attached to an aromatic ring is 1. The molecule has 0 aromatic carbocycles. The van der Waals surface area contributed by atoms with Gasteiger partial charge in [-0.05, 0) is 39.0 Å². The first-order valence-corrected chi connectivity index (χ1v) is 7.82. The molecule has 2 heterocycles. The Kier molecular flexibility index (Phi) is 7.08. The van der Waals surface area contributed by atoms with E-state index in [1.54, 1.807) is 25.1 Å². The quantitative estimate of drug-likeness (QED) is 0.797. The summed E-state index contributed by atoms with van der Waals surface area (Å²) < 4.78 is 4.71. The highest BCUT2D eigenvalue weighted by Gasteiger charge is 2.21. The third kappa shape index (κ3) is 5.44. The highest BCUT2D eigenvalue weighted by atomic mass is 35.5. The maximum atomic E-state index is 11.1. The minimum Gasteiger partial charge on any atom is -0.461 e. The molecule has 0 aliphatic carbocycles. The fraction of sp³-hybridized carbons (Fsp3) is 0.312. The van der Waals surface area contributed by atoms with Crippen LogP contribution in [0.4, 0.5) is 5.82 Å². The molecule has 0 radical (unpaired) electrons. The standard InChI is InChI=1S/C9H11N3.C7H7Cl2NO2/c1-9(2,6-10)7-4-3-5-8(11)12-7;1-2-12-7(11)6-4(8)3-5(9)10-6/h3-5H,1-2H3,(H2,11,12);3,10H,2H2,1H3. The van der Waals surface area contributed by atoms with Gasteiger partial charge in [-0.25, -0.2) is 9.78 Å². The molecule has 0 bridgehead atoms. The van der Waals surface area contributed by atoms with Crippen molar-refractivity contribution in [2.24, 2.45) is 0 Å². The van der Waals surface area contributed by atoms with Crippen molar-refractivity contribution in [1.82, 2.24) is 9.97 Å². The van der Waals surface area contributed by atoms with Gasteiger partial charge in [-0.3, -0.25) is 0 Å². The molecule has 0 spiro atoms. The van der Waals surface area contributed by atoms with E-state index in [1.165, 1.54) is 6.07 Å². The molecule has 0 fully saturated rings. The van der Waals surface area contributed by atoms with Crippen LogP contribution in [-0.4, -0.2) is 22.5 Å². The van der Waals surface area contributed by atoms with Crippen molar-refractivity contribution in [2.45, 2.75) is 26.2 Å². The molecular formula is C16H18Cl2N4O2. The number of aromatic nitrogens is 2. The molecule has 3 N–H and O–H groups in total. The normalized spacial score (nSPS) is 10.3. The van der Waals surface area contributed by atoms with Gasteiger partial charge in [-0.1, -0.05) is 29.3 Å². The summed E-state index contributed by atoms with van der Waals surface area (Å²) in [6, 6.07) is 8.93. The topological polar surface area (TPSA) is 105 Å². The van der Waals surface area contributed by atoms with Crippen LogP contribution in [-0.2, 0) is 10.2 Å². The van der Waals surface area contributed by atoms with Gasteiger partial charge in [0.2, 0.25) is 0 Å². The van der Waals surface area contributed by atoms with Gasteiger partial charge >= 0.3 is 5.97 Å². The maximum absolute atomic E-state index is 11.1. The number of nitrogens with one attached hydrogen (secondary N) is 1. The fourth-order valence-corrected chi connectivity index (χ4v) is 2.10. The Morgan fingerprint density at radius 3 is 2.58 bits per heavy atom. The van der Waals surface area contributed by atoms with Crippen molar-refractivity contribution >= 4 is 35.0 Å². The number of hydrogen-bond acceptors (Lipinski definition) is 5. The van der Waals surface area contributed by atoms with E-state index in [-0.39, 0.29) is 10.7 Å². The average molecular weight is 369 g/mol. The summed E-state index contributed by atoms with van der Waals surface area (Å²) in [4.78, 5) is 17.7. The molecule has 0 saturated carbocycles. The summed E-state index contributed by atoms with van der Waals surface area (Å²) in [6.07, 6.45) is 0. The number of rotatable bonds is 3. The van der Waals surface area contributed by atoms with E-state index < -0.39 is 11.4 Å². The van der Waals surface area contributed by atoms with E-state index >= 15 is 0 Å². The predicted octanol–water partition coefficient (Wildman–Crippen LogP) is 3.96. The van der Waals surface area contributed by atoms with E-state index in [4.69, 9.17) is 38.9 Å². The minimum absolute atomic E-state index is 0.198. The van der Waals surface area contributed by atoms with Crippen LogP contribution < -0.4 is 5.73 Å². The number of carbonyl (C=O) groups is 1. The number of anilines is 1. The van der Waals surface area contributed by atoms with Crippen LogP contribution in [0.3, 0.4) is 0 Å². The summed E-state index contributed by atoms with van der Waals surface area (Å²) >= 11 is 11.2. The number of carbonyl (C=O) groups excluding carboxylic acids is 1. The average Bonchev–Trinajstić information content (AvgIpc) is 2.87. The lowest BCUT2D eigenvalue weighted by atomic mass is 9.91.